The maximum atomic E-state index is 2.73. The van der Waals surface area contributed by atoms with Gasteiger partial charge in [-0.2, -0.15) is 0 Å². The van der Waals surface area contributed by atoms with E-state index in [2.05, 4.69) is 120 Å². The Bertz CT molecular complexity index is 2030. The van der Waals surface area contributed by atoms with Crippen molar-refractivity contribution < 1.29 is 0 Å². The molecule has 0 N–H and O–H groups in total. The maximum absolute atomic E-state index is 2.73. The van der Waals surface area contributed by atoms with E-state index in [1.54, 1.807) is 39.0 Å². The van der Waals surface area contributed by atoms with Gasteiger partial charge in [-0.05, 0) is 129 Å². The highest BCUT2D eigenvalue weighted by atomic mass is 14.6. The minimum atomic E-state index is -0.152. The van der Waals surface area contributed by atoms with Crippen LogP contribution in [-0.2, 0) is 17.3 Å². The minimum absolute atomic E-state index is 0.0618. The summed E-state index contributed by atoms with van der Waals surface area (Å²) in [6, 6.07) is 26.4. The van der Waals surface area contributed by atoms with Crippen LogP contribution in [0.3, 0.4) is 0 Å². The van der Waals surface area contributed by atoms with Gasteiger partial charge in [-0.25, -0.2) is 0 Å². The van der Waals surface area contributed by atoms with Crippen LogP contribution in [0.5, 0.6) is 0 Å². The molecule has 5 aliphatic carbocycles. The molecule has 4 aromatic carbocycles. The van der Waals surface area contributed by atoms with E-state index in [4.69, 9.17) is 0 Å². The third-order valence-corrected chi connectivity index (χ3v) is 12.6. The van der Waals surface area contributed by atoms with Gasteiger partial charge in [0.1, 0.15) is 0 Å². The van der Waals surface area contributed by atoms with Crippen molar-refractivity contribution >= 4 is 21.9 Å². The Morgan fingerprint density at radius 3 is 2.27 bits per heavy atom. The van der Waals surface area contributed by atoms with Crippen molar-refractivity contribution in [3.8, 4) is 11.1 Å². The van der Waals surface area contributed by atoms with E-state index >= 15 is 0 Å². The molecule has 0 heteroatoms. The van der Waals surface area contributed by atoms with E-state index < -0.39 is 0 Å². The molecule has 0 saturated heterocycles. The molecule has 5 aliphatic rings. The van der Waals surface area contributed by atoms with E-state index in [-0.39, 0.29) is 10.8 Å². The molecule has 45 heavy (non-hydrogen) atoms. The van der Waals surface area contributed by atoms with Crippen molar-refractivity contribution in [3.05, 3.63) is 129 Å². The van der Waals surface area contributed by atoms with E-state index in [1.165, 1.54) is 76.3 Å². The van der Waals surface area contributed by atoms with Crippen LogP contribution in [0.2, 0.25) is 0 Å². The second kappa shape index (κ2) is 9.45. The molecule has 4 aromatic rings. The molecule has 2 atom stereocenters. The average Bonchev–Trinajstić information content (AvgIpc) is 3.62. The van der Waals surface area contributed by atoms with E-state index in [1.807, 2.05) is 0 Å². The molecule has 1 fully saturated rings. The standard InChI is InChI=1S/C45H46/c1-26(2)35-24-37-39-38(21-20-34-36-23-30-16-10-11-17-31(30)41(36)44(5,6)43(34)39)45(42(37)33-19-13-12-18-32(33)35)25-27(3)22-28(4)40(45)29-14-8-7-9-15-29/h10-13,16-22,24-26,29,40H,7-9,14-15,23H2,1-6H3. The monoisotopic (exact) mass is 586 g/mol. The average molecular weight is 587 g/mol. The summed E-state index contributed by atoms with van der Waals surface area (Å²) in [6.07, 6.45) is 13.1. The van der Waals surface area contributed by atoms with Gasteiger partial charge in [0.2, 0.25) is 0 Å². The lowest BCUT2D eigenvalue weighted by Gasteiger charge is -2.47. The first-order valence-corrected chi connectivity index (χ1v) is 17.7. The Morgan fingerprint density at radius 2 is 1.49 bits per heavy atom. The highest BCUT2D eigenvalue weighted by Gasteiger charge is 2.55. The number of hydrogen-bond donors (Lipinski definition) is 0. The first-order chi connectivity index (χ1) is 21.7. The summed E-state index contributed by atoms with van der Waals surface area (Å²) in [5.74, 6) is 1.65. The Hall–Kier alpha value is -3.64. The van der Waals surface area contributed by atoms with Gasteiger partial charge in [0.25, 0.3) is 0 Å². The molecular formula is C45H46. The fraction of sp³-hybridized carbons (Fsp3) is 0.378. The summed E-state index contributed by atoms with van der Waals surface area (Å²) >= 11 is 0. The van der Waals surface area contributed by atoms with Crippen LogP contribution in [0, 0.1) is 11.8 Å². The second-order valence-electron chi connectivity index (χ2n) is 15.8. The van der Waals surface area contributed by atoms with Gasteiger partial charge in [0, 0.05) is 10.8 Å². The highest BCUT2D eigenvalue weighted by Crippen LogP contribution is 2.67. The van der Waals surface area contributed by atoms with Crippen LogP contribution in [0.15, 0.2) is 90.0 Å². The first-order valence-electron chi connectivity index (χ1n) is 17.7. The van der Waals surface area contributed by atoms with Crippen molar-refractivity contribution in [1.82, 2.24) is 0 Å². The molecule has 1 spiro atoms. The molecule has 1 saturated carbocycles. The number of benzene rings is 4. The van der Waals surface area contributed by atoms with Crippen LogP contribution in [0.25, 0.3) is 33.0 Å². The molecule has 0 aromatic heterocycles. The summed E-state index contributed by atoms with van der Waals surface area (Å²) in [5.41, 5.74) is 19.7. The Balaban J connectivity index is 1.42. The zero-order valence-electron chi connectivity index (χ0n) is 28.0. The minimum Gasteiger partial charge on any atom is -0.0681 e. The summed E-state index contributed by atoms with van der Waals surface area (Å²) in [5, 5.41) is 2.93. The van der Waals surface area contributed by atoms with Crippen LogP contribution < -0.4 is 0 Å². The lowest BCUT2D eigenvalue weighted by molar-refractivity contribution is 0.227. The molecule has 9 rings (SSSR count). The predicted molar refractivity (Wildman–Crippen MR) is 192 cm³/mol. The molecular weight excluding hydrogens is 540 g/mol. The number of rotatable bonds is 2. The van der Waals surface area contributed by atoms with E-state index in [9.17, 15) is 0 Å². The lowest BCUT2D eigenvalue weighted by atomic mass is 9.56. The summed E-state index contributed by atoms with van der Waals surface area (Å²) in [6.45, 7) is 14.6. The smallest absolute Gasteiger partial charge is 0.0473 e. The normalized spacial score (nSPS) is 24.5. The van der Waals surface area contributed by atoms with Crippen LogP contribution >= 0.6 is 0 Å². The quantitative estimate of drug-likeness (QED) is 0.219. The molecule has 0 heterocycles. The van der Waals surface area contributed by atoms with E-state index in [0.29, 0.717) is 17.8 Å². The van der Waals surface area contributed by atoms with Gasteiger partial charge < -0.3 is 0 Å². The van der Waals surface area contributed by atoms with Gasteiger partial charge in [-0.3, -0.25) is 0 Å². The second-order valence-corrected chi connectivity index (χ2v) is 15.8. The summed E-state index contributed by atoms with van der Waals surface area (Å²) < 4.78 is 0. The molecule has 0 bridgehead atoms. The van der Waals surface area contributed by atoms with E-state index in [0.717, 1.165) is 6.42 Å². The third-order valence-electron chi connectivity index (χ3n) is 12.6. The van der Waals surface area contributed by atoms with Crippen molar-refractivity contribution in [1.29, 1.82) is 0 Å². The van der Waals surface area contributed by atoms with Crippen LogP contribution in [0.1, 0.15) is 119 Å². The SMILES string of the molecule is CC1=CC2(c3ccc4c(c3-c3cc(C(C)C)c5ccccc5c32)C(C)(C)C2=C4Cc3ccccc32)C(C2CCCCC2)C(C)=C1. The van der Waals surface area contributed by atoms with Crippen LogP contribution in [-0.4, -0.2) is 0 Å². The lowest BCUT2D eigenvalue weighted by Crippen LogP contribution is -2.41. The van der Waals surface area contributed by atoms with Gasteiger partial charge in [0.05, 0.1) is 0 Å². The van der Waals surface area contributed by atoms with Gasteiger partial charge in [-0.1, -0.05) is 131 Å². The fourth-order valence-electron chi connectivity index (χ4n) is 11.2. The Morgan fingerprint density at radius 1 is 0.756 bits per heavy atom. The molecule has 0 amide bonds. The highest BCUT2D eigenvalue weighted by molar-refractivity contribution is 6.10. The number of fused-ring (bicyclic) bond motifs is 12. The maximum Gasteiger partial charge on any atom is 0.0473 e. The zero-order chi connectivity index (χ0) is 30.8. The first kappa shape index (κ1) is 27.7. The molecule has 226 valence electrons. The van der Waals surface area contributed by atoms with Gasteiger partial charge in [0.15, 0.2) is 0 Å². The Kier molecular flexibility index (Phi) is 5.80. The third kappa shape index (κ3) is 3.49. The van der Waals surface area contributed by atoms with Gasteiger partial charge >= 0.3 is 0 Å². The van der Waals surface area contributed by atoms with Crippen molar-refractivity contribution in [3.63, 3.8) is 0 Å². The molecule has 0 radical (unpaired) electrons. The number of hydrogen-bond acceptors (Lipinski definition) is 0. The largest absolute Gasteiger partial charge is 0.0681 e. The van der Waals surface area contributed by atoms with Crippen molar-refractivity contribution in [2.75, 3.05) is 0 Å². The molecule has 0 aliphatic heterocycles. The summed E-state index contributed by atoms with van der Waals surface area (Å²) in [4.78, 5) is 0. The molecule has 0 nitrogen and oxygen atoms in total. The fourth-order valence-corrected chi connectivity index (χ4v) is 11.2. The van der Waals surface area contributed by atoms with Gasteiger partial charge in [-0.15, -0.1) is 0 Å². The zero-order valence-corrected chi connectivity index (χ0v) is 28.0. The Labute approximate surface area is 270 Å². The van der Waals surface area contributed by atoms with Crippen molar-refractivity contribution in [2.24, 2.45) is 11.8 Å². The molecule has 2 unspecified atom stereocenters. The number of allylic oxidation sites excluding steroid dienone is 6. The van der Waals surface area contributed by atoms with Crippen molar-refractivity contribution in [2.45, 2.75) is 96.8 Å². The van der Waals surface area contributed by atoms with Crippen LogP contribution in [0.4, 0.5) is 0 Å². The topological polar surface area (TPSA) is 0 Å². The summed E-state index contributed by atoms with van der Waals surface area (Å²) in [7, 11) is 0. The predicted octanol–water partition coefficient (Wildman–Crippen LogP) is 12.1.